The molecule has 1 atom stereocenters. The van der Waals surface area contributed by atoms with Crippen LogP contribution in [-0.4, -0.2) is 48.3 Å². The van der Waals surface area contributed by atoms with E-state index in [0.29, 0.717) is 0 Å². The standard InChI is InChI=1S/C11H18N4O5S/c1-6-10(8(3)15(13-6)5-9(16)17)21(19,20)14-7(2)11(18)12-4/h7,14H,5H2,1-4H3,(H,12,18)(H,16,17). The number of nitrogens with one attached hydrogen (secondary N) is 2. The fourth-order valence-corrected chi connectivity index (χ4v) is 3.53. The van der Waals surface area contributed by atoms with E-state index < -0.39 is 34.5 Å². The average Bonchev–Trinajstić information content (AvgIpc) is 2.62. The van der Waals surface area contributed by atoms with Gasteiger partial charge in [-0.15, -0.1) is 0 Å². The number of aromatic nitrogens is 2. The van der Waals surface area contributed by atoms with E-state index in [9.17, 15) is 18.0 Å². The van der Waals surface area contributed by atoms with Crippen molar-refractivity contribution in [1.29, 1.82) is 0 Å². The van der Waals surface area contributed by atoms with Crippen molar-refractivity contribution >= 4 is 21.9 Å². The Morgan fingerprint density at radius 1 is 1.38 bits per heavy atom. The van der Waals surface area contributed by atoms with E-state index in [-0.39, 0.29) is 16.3 Å². The largest absolute Gasteiger partial charge is 0.480 e. The summed E-state index contributed by atoms with van der Waals surface area (Å²) in [4.78, 5) is 22.0. The van der Waals surface area contributed by atoms with E-state index in [1.807, 2.05) is 0 Å². The second-order valence-electron chi connectivity index (χ2n) is 4.51. The van der Waals surface area contributed by atoms with Gasteiger partial charge in [0.25, 0.3) is 0 Å². The van der Waals surface area contributed by atoms with Gasteiger partial charge in [0.1, 0.15) is 11.4 Å². The number of carbonyl (C=O) groups excluding carboxylic acids is 1. The van der Waals surface area contributed by atoms with E-state index in [1.165, 1.54) is 27.8 Å². The van der Waals surface area contributed by atoms with Gasteiger partial charge in [-0.3, -0.25) is 14.3 Å². The number of nitrogens with zero attached hydrogens (tertiary/aromatic N) is 2. The van der Waals surface area contributed by atoms with Crippen LogP contribution in [0.15, 0.2) is 4.90 Å². The smallest absolute Gasteiger partial charge is 0.325 e. The summed E-state index contributed by atoms with van der Waals surface area (Å²) in [6, 6.07) is -0.957. The van der Waals surface area contributed by atoms with Gasteiger partial charge in [0, 0.05) is 7.05 Å². The minimum atomic E-state index is -3.98. The average molecular weight is 318 g/mol. The van der Waals surface area contributed by atoms with Crippen LogP contribution in [0.1, 0.15) is 18.3 Å². The highest BCUT2D eigenvalue weighted by Gasteiger charge is 2.28. The Bertz CT molecular complexity index is 664. The third kappa shape index (κ3) is 3.79. The van der Waals surface area contributed by atoms with Crippen LogP contribution in [0.4, 0.5) is 0 Å². The Kier molecular flexibility index (Phi) is 5.07. The number of carboxylic acid groups (broad SMARTS) is 1. The van der Waals surface area contributed by atoms with Crippen LogP contribution in [-0.2, 0) is 26.2 Å². The van der Waals surface area contributed by atoms with E-state index in [0.717, 1.165) is 4.68 Å². The summed E-state index contributed by atoms with van der Waals surface area (Å²) < 4.78 is 27.9. The monoisotopic (exact) mass is 318 g/mol. The Balaban J connectivity index is 3.17. The van der Waals surface area contributed by atoms with Crippen molar-refractivity contribution in [3.8, 4) is 0 Å². The molecule has 0 aliphatic heterocycles. The van der Waals surface area contributed by atoms with Crippen LogP contribution in [0.2, 0.25) is 0 Å². The fourth-order valence-electron chi connectivity index (χ4n) is 1.91. The van der Waals surface area contributed by atoms with Gasteiger partial charge in [-0.25, -0.2) is 8.42 Å². The molecule has 21 heavy (non-hydrogen) atoms. The third-order valence-electron chi connectivity index (χ3n) is 2.84. The molecule has 1 aromatic heterocycles. The predicted octanol–water partition coefficient (Wildman–Crippen LogP) is -1.00. The molecular weight excluding hydrogens is 300 g/mol. The Morgan fingerprint density at radius 3 is 2.43 bits per heavy atom. The van der Waals surface area contributed by atoms with Gasteiger partial charge >= 0.3 is 5.97 Å². The molecule has 0 bridgehead atoms. The molecular formula is C11H18N4O5S. The molecule has 0 fully saturated rings. The number of carbonyl (C=O) groups is 2. The summed E-state index contributed by atoms with van der Waals surface area (Å²) in [6.45, 7) is 3.89. The minimum Gasteiger partial charge on any atom is -0.480 e. The van der Waals surface area contributed by atoms with Crippen molar-refractivity contribution < 1.29 is 23.1 Å². The fraction of sp³-hybridized carbons (Fsp3) is 0.545. The molecule has 9 nitrogen and oxygen atoms in total. The highest BCUT2D eigenvalue weighted by molar-refractivity contribution is 7.89. The number of sulfonamides is 1. The minimum absolute atomic E-state index is 0.112. The summed E-state index contributed by atoms with van der Waals surface area (Å²) in [7, 11) is -2.58. The molecule has 1 rings (SSSR count). The topological polar surface area (TPSA) is 130 Å². The van der Waals surface area contributed by atoms with Crippen LogP contribution in [0.3, 0.4) is 0 Å². The zero-order chi connectivity index (χ0) is 16.4. The van der Waals surface area contributed by atoms with Gasteiger partial charge in [-0.05, 0) is 20.8 Å². The molecule has 0 spiro atoms. The summed E-state index contributed by atoms with van der Waals surface area (Å²) >= 11 is 0. The van der Waals surface area contributed by atoms with E-state index in [1.54, 1.807) is 0 Å². The van der Waals surface area contributed by atoms with E-state index in [4.69, 9.17) is 5.11 Å². The lowest BCUT2D eigenvalue weighted by molar-refractivity contribution is -0.138. The number of amides is 1. The van der Waals surface area contributed by atoms with Crippen molar-refractivity contribution in [1.82, 2.24) is 19.8 Å². The summed E-state index contributed by atoms with van der Waals surface area (Å²) in [6.07, 6.45) is 0. The molecule has 0 aliphatic rings. The molecule has 1 heterocycles. The first-order chi connectivity index (χ1) is 9.60. The van der Waals surface area contributed by atoms with Gasteiger partial charge in [0.2, 0.25) is 15.9 Å². The number of likely N-dealkylation sites (N-methyl/N-ethyl adjacent to an activating group) is 1. The highest BCUT2D eigenvalue weighted by Crippen LogP contribution is 2.19. The maximum atomic E-state index is 12.3. The maximum Gasteiger partial charge on any atom is 0.325 e. The van der Waals surface area contributed by atoms with Gasteiger partial charge in [-0.2, -0.15) is 9.82 Å². The van der Waals surface area contributed by atoms with Crippen LogP contribution in [0.25, 0.3) is 0 Å². The first kappa shape index (κ1) is 17.1. The molecule has 0 saturated carbocycles. The predicted molar refractivity (Wildman–Crippen MR) is 73.2 cm³/mol. The van der Waals surface area contributed by atoms with Gasteiger partial charge in [-0.1, -0.05) is 0 Å². The zero-order valence-electron chi connectivity index (χ0n) is 12.2. The number of carboxylic acids is 1. The number of hydrogen-bond acceptors (Lipinski definition) is 5. The lowest BCUT2D eigenvalue weighted by atomic mass is 10.3. The van der Waals surface area contributed by atoms with Crippen LogP contribution in [0, 0.1) is 13.8 Å². The highest BCUT2D eigenvalue weighted by atomic mass is 32.2. The number of hydrogen-bond donors (Lipinski definition) is 3. The zero-order valence-corrected chi connectivity index (χ0v) is 13.0. The van der Waals surface area contributed by atoms with Crippen LogP contribution >= 0.6 is 0 Å². The van der Waals surface area contributed by atoms with Gasteiger partial charge in [0.15, 0.2) is 0 Å². The van der Waals surface area contributed by atoms with Crippen LogP contribution in [0.5, 0.6) is 0 Å². The van der Waals surface area contributed by atoms with Crippen molar-refractivity contribution in [2.75, 3.05) is 7.05 Å². The summed E-state index contributed by atoms with van der Waals surface area (Å²) in [5.41, 5.74) is 0.372. The molecule has 1 unspecified atom stereocenters. The summed E-state index contributed by atoms with van der Waals surface area (Å²) in [5.74, 6) is -1.61. The molecule has 1 aromatic rings. The molecule has 0 aliphatic carbocycles. The molecule has 1 amide bonds. The lowest BCUT2D eigenvalue weighted by Crippen LogP contribution is -2.43. The normalized spacial score (nSPS) is 13.0. The first-order valence-corrected chi connectivity index (χ1v) is 7.58. The molecule has 0 saturated heterocycles. The first-order valence-electron chi connectivity index (χ1n) is 6.10. The van der Waals surface area contributed by atoms with Crippen LogP contribution < -0.4 is 10.0 Å². The molecule has 3 N–H and O–H groups in total. The van der Waals surface area contributed by atoms with Crippen molar-refractivity contribution in [3.63, 3.8) is 0 Å². The summed E-state index contributed by atoms with van der Waals surface area (Å²) in [5, 5.41) is 15.0. The Labute approximate surface area is 122 Å². The molecule has 10 heteroatoms. The van der Waals surface area contributed by atoms with Gasteiger partial charge < -0.3 is 10.4 Å². The van der Waals surface area contributed by atoms with Crippen molar-refractivity contribution in [2.45, 2.75) is 38.3 Å². The number of aliphatic carboxylic acids is 1. The molecule has 118 valence electrons. The van der Waals surface area contributed by atoms with E-state index in [2.05, 4.69) is 15.1 Å². The van der Waals surface area contributed by atoms with Crippen molar-refractivity contribution in [3.05, 3.63) is 11.4 Å². The quantitative estimate of drug-likeness (QED) is 0.616. The van der Waals surface area contributed by atoms with E-state index >= 15 is 0 Å². The second-order valence-corrected chi connectivity index (χ2v) is 6.16. The second kappa shape index (κ2) is 6.22. The Hall–Kier alpha value is -1.94. The van der Waals surface area contributed by atoms with Gasteiger partial charge in [0.05, 0.1) is 17.4 Å². The third-order valence-corrected chi connectivity index (χ3v) is 4.63. The number of aryl methyl sites for hydroxylation is 1. The number of rotatable bonds is 6. The molecule has 0 aromatic carbocycles. The maximum absolute atomic E-state index is 12.3. The SMILES string of the molecule is CNC(=O)C(C)NS(=O)(=O)c1c(C)nn(CC(=O)O)c1C. The Morgan fingerprint density at radius 2 is 1.95 bits per heavy atom. The molecule has 0 radical (unpaired) electrons. The lowest BCUT2D eigenvalue weighted by Gasteiger charge is -2.13. The van der Waals surface area contributed by atoms with Crippen molar-refractivity contribution in [2.24, 2.45) is 0 Å².